The van der Waals surface area contributed by atoms with Gasteiger partial charge in [0.25, 0.3) is 0 Å². The van der Waals surface area contributed by atoms with Crippen molar-refractivity contribution in [2.75, 3.05) is 0 Å². The van der Waals surface area contributed by atoms with E-state index in [0.29, 0.717) is 11.3 Å². The molecule has 0 aliphatic carbocycles. The molecule has 1 aromatic rings. The number of hydrogen-bond acceptors (Lipinski definition) is 2. The van der Waals surface area contributed by atoms with Gasteiger partial charge < -0.3 is 4.52 Å². The van der Waals surface area contributed by atoms with Crippen molar-refractivity contribution in [1.82, 2.24) is 0 Å². The Morgan fingerprint density at radius 3 is 2.90 bits per heavy atom. The third-order valence-electron chi connectivity index (χ3n) is 1.10. The summed E-state index contributed by atoms with van der Waals surface area (Å²) in [5.41, 5.74) is 0.611. The van der Waals surface area contributed by atoms with E-state index >= 15 is 0 Å². The van der Waals surface area contributed by atoms with Gasteiger partial charge in [-0.1, -0.05) is 6.07 Å². The summed E-state index contributed by atoms with van der Waals surface area (Å²) in [6, 6.07) is 8.98. The second-order valence-electron chi connectivity index (χ2n) is 1.76. The van der Waals surface area contributed by atoms with Gasteiger partial charge in [-0.3, -0.25) is 0 Å². The third kappa shape index (κ3) is 1.46. The fraction of sp³-hybridized carbons (Fsp3) is 0. The Morgan fingerprint density at radius 1 is 1.50 bits per heavy atom. The fourth-order valence-corrected chi connectivity index (χ4v) is 0.786. The first-order chi connectivity index (χ1) is 4.86. The van der Waals surface area contributed by atoms with Crippen molar-refractivity contribution in [3.05, 3.63) is 29.8 Å². The Hall–Kier alpha value is -1.06. The van der Waals surface area contributed by atoms with E-state index < -0.39 is 0 Å². The summed E-state index contributed by atoms with van der Waals surface area (Å²) in [5.74, 6) is 0.684. The van der Waals surface area contributed by atoms with Gasteiger partial charge in [-0.25, -0.2) is 0 Å². The normalized spacial score (nSPS) is 8.40. The molecule has 0 saturated carbocycles. The molecular weight excluding hydrogens is 145 g/mol. The zero-order valence-corrected chi connectivity index (χ0v) is 6.40. The van der Waals surface area contributed by atoms with Gasteiger partial charge >= 0.3 is 0 Å². The molecule has 2 nitrogen and oxygen atoms in total. The van der Waals surface area contributed by atoms with Gasteiger partial charge in [0.2, 0.25) is 0 Å². The molecule has 0 fully saturated rings. The summed E-state index contributed by atoms with van der Waals surface area (Å²) in [5, 5.41) is 8.45. The summed E-state index contributed by atoms with van der Waals surface area (Å²) in [6.45, 7) is 0. The topological polar surface area (TPSA) is 33.0 Å². The maximum atomic E-state index is 8.45. The number of nitriles is 1. The van der Waals surface area contributed by atoms with Crippen LogP contribution in [0.5, 0.6) is 5.75 Å². The molecule has 1 aromatic carbocycles. The largest absolute Gasteiger partial charge is 0.480 e. The molecule has 10 heavy (non-hydrogen) atoms. The van der Waals surface area contributed by atoms with Crippen LogP contribution in [0.2, 0.25) is 0 Å². The predicted octanol–water partition coefficient (Wildman–Crippen LogP) is 1.73. The van der Waals surface area contributed by atoms with Gasteiger partial charge in [-0.2, -0.15) is 5.26 Å². The van der Waals surface area contributed by atoms with Crippen LogP contribution in [0.15, 0.2) is 24.3 Å². The minimum Gasteiger partial charge on any atom is -0.480 e. The van der Waals surface area contributed by atoms with Gasteiger partial charge in [-0.15, -0.1) is 0 Å². The lowest BCUT2D eigenvalue weighted by Gasteiger charge is -1.96. The molecule has 0 N–H and O–H groups in total. The Balaban J connectivity index is 3.01. The Bertz CT molecular complexity index is 267. The van der Waals surface area contributed by atoms with Crippen LogP contribution in [0.3, 0.4) is 0 Å². The van der Waals surface area contributed by atoms with Crippen LogP contribution in [-0.2, 0) is 0 Å². The van der Waals surface area contributed by atoms with Crippen LogP contribution in [0.4, 0.5) is 0 Å². The molecule has 0 spiro atoms. The van der Waals surface area contributed by atoms with Gasteiger partial charge in [0, 0.05) is 0 Å². The van der Waals surface area contributed by atoms with Gasteiger partial charge in [0.15, 0.2) is 0 Å². The van der Waals surface area contributed by atoms with E-state index in [1.807, 2.05) is 6.07 Å². The summed E-state index contributed by atoms with van der Waals surface area (Å²) in [7, 11) is 2.13. The second kappa shape index (κ2) is 3.20. The van der Waals surface area contributed by atoms with Gasteiger partial charge in [0.1, 0.15) is 5.75 Å². The third-order valence-corrected chi connectivity index (χ3v) is 1.37. The van der Waals surface area contributed by atoms with Crippen LogP contribution < -0.4 is 4.52 Å². The van der Waals surface area contributed by atoms with Crippen LogP contribution in [0.25, 0.3) is 0 Å². The Morgan fingerprint density at radius 2 is 2.30 bits per heavy atom. The molecule has 1 atom stereocenters. The minimum atomic E-state index is 0.611. The molecule has 1 rings (SSSR count). The molecule has 50 valence electrons. The zero-order chi connectivity index (χ0) is 7.40. The number of rotatable bonds is 1. The van der Waals surface area contributed by atoms with Crippen molar-refractivity contribution in [1.29, 1.82) is 5.26 Å². The summed E-state index contributed by atoms with van der Waals surface area (Å²) < 4.78 is 4.82. The highest BCUT2D eigenvalue weighted by molar-refractivity contribution is 7.10. The van der Waals surface area contributed by atoms with Crippen LogP contribution in [0, 0.1) is 11.3 Å². The monoisotopic (exact) mass is 151 g/mol. The minimum absolute atomic E-state index is 0.611. The van der Waals surface area contributed by atoms with Crippen molar-refractivity contribution in [2.24, 2.45) is 0 Å². The van der Waals surface area contributed by atoms with Crippen molar-refractivity contribution < 1.29 is 4.52 Å². The van der Waals surface area contributed by atoms with E-state index in [1.54, 1.807) is 24.3 Å². The van der Waals surface area contributed by atoms with Gasteiger partial charge in [-0.05, 0) is 18.2 Å². The maximum absolute atomic E-state index is 8.45. The average molecular weight is 151 g/mol. The van der Waals surface area contributed by atoms with Crippen LogP contribution >= 0.6 is 9.47 Å². The van der Waals surface area contributed by atoms with Crippen LogP contribution in [0.1, 0.15) is 5.56 Å². The second-order valence-corrected chi connectivity index (χ2v) is 1.99. The van der Waals surface area contributed by atoms with Crippen molar-refractivity contribution in [3.8, 4) is 11.8 Å². The highest BCUT2D eigenvalue weighted by Gasteiger charge is 1.91. The molecule has 0 heterocycles. The lowest BCUT2D eigenvalue weighted by molar-refractivity contribution is 0.646. The molecule has 0 aromatic heterocycles. The number of hydrogen-bond donors (Lipinski definition) is 0. The van der Waals surface area contributed by atoms with E-state index in [2.05, 4.69) is 9.47 Å². The molecule has 0 amide bonds. The highest BCUT2D eigenvalue weighted by atomic mass is 31.0. The SMILES string of the molecule is N#Cc1cccc(OP)c1. The number of nitrogens with zero attached hydrogens (tertiary/aromatic N) is 1. The van der Waals surface area contributed by atoms with Gasteiger partial charge in [0.05, 0.1) is 21.1 Å². The Kier molecular flexibility index (Phi) is 2.25. The van der Waals surface area contributed by atoms with Crippen molar-refractivity contribution >= 4 is 9.47 Å². The first-order valence-corrected chi connectivity index (χ1v) is 3.21. The highest BCUT2D eigenvalue weighted by Crippen LogP contribution is 2.13. The van der Waals surface area contributed by atoms with E-state index in [1.165, 1.54) is 0 Å². The fourth-order valence-electron chi connectivity index (χ4n) is 0.639. The molecule has 0 aliphatic heterocycles. The lowest BCUT2D eigenvalue weighted by Crippen LogP contribution is -1.75. The summed E-state index contributed by atoms with van der Waals surface area (Å²) >= 11 is 0. The maximum Gasteiger partial charge on any atom is 0.123 e. The van der Waals surface area contributed by atoms with E-state index in [0.717, 1.165) is 0 Å². The average Bonchev–Trinajstić information content (AvgIpc) is 2.05. The van der Waals surface area contributed by atoms with E-state index in [4.69, 9.17) is 9.79 Å². The first kappa shape index (κ1) is 7.05. The quantitative estimate of drug-likeness (QED) is 0.572. The Labute approximate surface area is 61.7 Å². The van der Waals surface area contributed by atoms with E-state index in [9.17, 15) is 0 Å². The van der Waals surface area contributed by atoms with Crippen molar-refractivity contribution in [3.63, 3.8) is 0 Å². The predicted molar refractivity (Wildman–Crippen MR) is 41.5 cm³/mol. The molecular formula is C7H6NOP. The summed E-state index contributed by atoms with van der Waals surface area (Å²) in [4.78, 5) is 0. The molecule has 0 aliphatic rings. The van der Waals surface area contributed by atoms with Crippen molar-refractivity contribution in [2.45, 2.75) is 0 Å². The standard InChI is InChI=1S/C7H6NOP/c8-5-6-2-1-3-7(4-6)9-10/h1-4H,10H2. The molecule has 1 unspecified atom stereocenters. The first-order valence-electron chi connectivity index (χ1n) is 2.73. The molecule has 0 radical (unpaired) electrons. The summed E-state index contributed by atoms with van der Waals surface area (Å²) in [6.07, 6.45) is 0. The lowest BCUT2D eigenvalue weighted by atomic mass is 10.2. The molecule has 0 saturated heterocycles. The smallest absolute Gasteiger partial charge is 0.123 e. The zero-order valence-electron chi connectivity index (χ0n) is 5.24. The van der Waals surface area contributed by atoms with Crippen LogP contribution in [-0.4, -0.2) is 0 Å². The molecule has 0 bridgehead atoms. The van der Waals surface area contributed by atoms with E-state index in [-0.39, 0.29) is 0 Å². The number of benzene rings is 1. The molecule has 3 heteroatoms.